The Kier molecular flexibility index (Phi) is 6.65. The molecule has 0 aliphatic carbocycles. The molecule has 0 aliphatic heterocycles. The van der Waals surface area contributed by atoms with Gasteiger partial charge in [0.1, 0.15) is 5.69 Å². The molecule has 0 atom stereocenters. The van der Waals surface area contributed by atoms with Crippen molar-refractivity contribution >= 4 is 11.9 Å². The average molecular weight is 341 g/mol. The molecule has 0 saturated carbocycles. The molecule has 0 fully saturated rings. The first-order valence-corrected chi connectivity index (χ1v) is 8.19. The first-order valence-electron chi connectivity index (χ1n) is 8.19. The molecule has 1 aromatic heterocycles. The molecule has 1 aromatic carbocycles. The van der Waals surface area contributed by atoms with E-state index in [4.69, 9.17) is 5.11 Å². The molecule has 0 aliphatic rings. The SMILES string of the molecule is Cc1nc(C(=O)NCCCN(C)Cc2ccccc2)ccc1C(=O)O. The van der Waals surface area contributed by atoms with Crippen LogP contribution in [0.4, 0.5) is 0 Å². The third-order valence-electron chi connectivity index (χ3n) is 3.85. The van der Waals surface area contributed by atoms with Crippen molar-refractivity contribution in [2.45, 2.75) is 19.9 Å². The van der Waals surface area contributed by atoms with Gasteiger partial charge in [0.25, 0.3) is 5.91 Å². The number of carbonyl (C=O) groups is 2. The zero-order chi connectivity index (χ0) is 18.2. The maximum absolute atomic E-state index is 12.1. The van der Waals surface area contributed by atoms with Gasteiger partial charge < -0.3 is 15.3 Å². The van der Waals surface area contributed by atoms with Gasteiger partial charge in [0.05, 0.1) is 11.3 Å². The van der Waals surface area contributed by atoms with Crippen molar-refractivity contribution in [3.63, 3.8) is 0 Å². The van der Waals surface area contributed by atoms with Crippen LogP contribution in [0.15, 0.2) is 42.5 Å². The van der Waals surface area contributed by atoms with E-state index in [9.17, 15) is 9.59 Å². The fourth-order valence-electron chi connectivity index (χ4n) is 2.53. The lowest BCUT2D eigenvalue weighted by Gasteiger charge is -2.16. The first kappa shape index (κ1) is 18.6. The third kappa shape index (κ3) is 5.69. The Labute approximate surface area is 147 Å². The monoisotopic (exact) mass is 341 g/mol. The summed E-state index contributed by atoms with van der Waals surface area (Å²) < 4.78 is 0. The van der Waals surface area contributed by atoms with Crippen LogP contribution in [0.1, 0.15) is 38.5 Å². The van der Waals surface area contributed by atoms with Crippen LogP contribution in [0, 0.1) is 6.92 Å². The van der Waals surface area contributed by atoms with Crippen LogP contribution in [-0.2, 0) is 6.54 Å². The first-order chi connectivity index (χ1) is 12.0. The van der Waals surface area contributed by atoms with Crippen LogP contribution in [0.3, 0.4) is 0 Å². The van der Waals surface area contributed by atoms with Crippen LogP contribution < -0.4 is 5.32 Å². The van der Waals surface area contributed by atoms with Crippen molar-refractivity contribution in [3.05, 3.63) is 65.0 Å². The van der Waals surface area contributed by atoms with E-state index in [-0.39, 0.29) is 17.2 Å². The summed E-state index contributed by atoms with van der Waals surface area (Å²) in [7, 11) is 2.05. The lowest BCUT2D eigenvalue weighted by molar-refractivity contribution is 0.0694. The molecule has 0 saturated heterocycles. The van der Waals surface area contributed by atoms with Crippen LogP contribution in [0.5, 0.6) is 0 Å². The summed E-state index contributed by atoms with van der Waals surface area (Å²) in [5.41, 5.74) is 1.94. The minimum Gasteiger partial charge on any atom is -0.478 e. The van der Waals surface area contributed by atoms with Crippen molar-refractivity contribution < 1.29 is 14.7 Å². The number of hydrogen-bond donors (Lipinski definition) is 2. The molecule has 2 N–H and O–H groups in total. The standard InChI is InChI=1S/C19H23N3O3/c1-14-16(19(24)25)9-10-17(21-14)18(23)20-11-6-12-22(2)13-15-7-4-3-5-8-15/h3-5,7-10H,6,11-13H2,1-2H3,(H,20,23)(H,24,25). The molecule has 0 unspecified atom stereocenters. The van der Waals surface area contributed by atoms with Crippen LogP contribution >= 0.6 is 0 Å². The van der Waals surface area contributed by atoms with E-state index >= 15 is 0 Å². The summed E-state index contributed by atoms with van der Waals surface area (Å²) in [6.07, 6.45) is 0.821. The molecule has 1 heterocycles. The Balaban J connectivity index is 1.75. The van der Waals surface area contributed by atoms with Crippen molar-refractivity contribution in [1.82, 2.24) is 15.2 Å². The molecule has 25 heavy (non-hydrogen) atoms. The quantitative estimate of drug-likeness (QED) is 0.720. The van der Waals surface area contributed by atoms with E-state index in [1.807, 2.05) is 25.2 Å². The summed E-state index contributed by atoms with van der Waals surface area (Å²) in [5.74, 6) is -1.33. The number of nitrogens with one attached hydrogen (secondary N) is 1. The van der Waals surface area contributed by atoms with Crippen molar-refractivity contribution in [1.29, 1.82) is 0 Å². The highest BCUT2D eigenvalue weighted by atomic mass is 16.4. The number of amides is 1. The number of aromatic nitrogens is 1. The summed E-state index contributed by atoms with van der Waals surface area (Å²) in [6.45, 7) is 3.85. The number of pyridine rings is 1. The Hall–Kier alpha value is -2.73. The van der Waals surface area contributed by atoms with Crippen molar-refractivity contribution in [3.8, 4) is 0 Å². The number of carbonyl (C=O) groups excluding carboxylic acids is 1. The molecule has 132 valence electrons. The van der Waals surface area contributed by atoms with Gasteiger partial charge in [0.15, 0.2) is 0 Å². The minimum absolute atomic E-state index is 0.110. The third-order valence-corrected chi connectivity index (χ3v) is 3.85. The summed E-state index contributed by atoms with van der Waals surface area (Å²) in [5, 5.41) is 11.8. The second-order valence-corrected chi connectivity index (χ2v) is 5.97. The van der Waals surface area contributed by atoms with Gasteiger partial charge in [-0.3, -0.25) is 4.79 Å². The number of benzene rings is 1. The van der Waals surface area contributed by atoms with E-state index in [2.05, 4.69) is 27.3 Å². The highest BCUT2D eigenvalue weighted by Gasteiger charge is 2.12. The topological polar surface area (TPSA) is 82.5 Å². The Morgan fingerprint density at radius 2 is 1.88 bits per heavy atom. The van der Waals surface area contributed by atoms with E-state index in [0.717, 1.165) is 19.5 Å². The Bertz CT molecular complexity index is 732. The van der Waals surface area contributed by atoms with E-state index in [0.29, 0.717) is 12.2 Å². The molecular formula is C19H23N3O3. The summed E-state index contributed by atoms with van der Waals surface area (Å²) >= 11 is 0. The number of nitrogens with zero attached hydrogens (tertiary/aromatic N) is 2. The fraction of sp³-hybridized carbons (Fsp3) is 0.316. The smallest absolute Gasteiger partial charge is 0.337 e. The molecule has 0 radical (unpaired) electrons. The van der Waals surface area contributed by atoms with Crippen LogP contribution in [-0.4, -0.2) is 47.0 Å². The highest BCUT2D eigenvalue weighted by molar-refractivity contribution is 5.94. The van der Waals surface area contributed by atoms with Gasteiger partial charge in [0.2, 0.25) is 0 Å². The molecule has 2 aromatic rings. The second-order valence-electron chi connectivity index (χ2n) is 5.97. The predicted molar refractivity (Wildman–Crippen MR) is 95.7 cm³/mol. The molecule has 0 spiro atoms. The zero-order valence-electron chi connectivity index (χ0n) is 14.5. The molecule has 1 amide bonds. The normalized spacial score (nSPS) is 10.7. The number of carboxylic acid groups (broad SMARTS) is 1. The van der Waals surface area contributed by atoms with Crippen molar-refractivity contribution in [2.75, 3.05) is 20.1 Å². The minimum atomic E-state index is -1.04. The van der Waals surface area contributed by atoms with Crippen molar-refractivity contribution in [2.24, 2.45) is 0 Å². The zero-order valence-corrected chi connectivity index (χ0v) is 14.5. The van der Waals surface area contributed by atoms with Gasteiger partial charge >= 0.3 is 5.97 Å². The highest BCUT2D eigenvalue weighted by Crippen LogP contribution is 2.07. The summed E-state index contributed by atoms with van der Waals surface area (Å²) in [4.78, 5) is 29.3. The maximum Gasteiger partial charge on any atom is 0.337 e. The number of aromatic carboxylic acids is 1. The van der Waals surface area contributed by atoms with Gasteiger partial charge in [0, 0.05) is 13.1 Å². The lowest BCUT2D eigenvalue weighted by Crippen LogP contribution is -2.29. The van der Waals surface area contributed by atoms with E-state index in [1.54, 1.807) is 6.92 Å². The number of aryl methyl sites for hydroxylation is 1. The second kappa shape index (κ2) is 8.94. The number of rotatable bonds is 8. The Morgan fingerprint density at radius 3 is 2.52 bits per heavy atom. The van der Waals surface area contributed by atoms with Gasteiger partial charge in [-0.15, -0.1) is 0 Å². The molecule has 0 bridgehead atoms. The van der Waals surface area contributed by atoms with Gasteiger partial charge in [-0.25, -0.2) is 9.78 Å². The molecule has 6 nitrogen and oxygen atoms in total. The van der Waals surface area contributed by atoms with E-state index in [1.165, 1.54) is 17.7 Å². The number of hydrogen-bond acceptors (Lipinski definition) is 4. The van der Waals surface area contributed by atoms with Gasteiger partial charge in [-0.05, 0) is 44.6 Å². The number of carboxylic acids is 1. The Morgan fingerprint density at radius 1 is 1.16 bits per heavy atom. The molecular weight excluding hydrogens is 318 g/mol. The molecule has 2 rings (SSSR count). The maximum atomic E-state index is 12.1. The van der Waals surface area contributed by atoms with Crippen LogP contribution in [0.2, 0.25) is 0 Å². The van der Waals surface area contributed by atoms with Crippen LogP contribution in [0.25, 0.3) is 0 Å². The van der Waals surface area contributed by atoms with Gasteiger partial charge in [-0.2, -0.15) is 0 Å². The average Bonchev–Trinajstić information content (AvgIpc) is 2.59. The molecule has 6 heteroatoms. The largest absolute Gasteiger partial charge is 0.478 e. The van der Waals surface area contributed by atoms with Gasteiger partial charge in [-0.1, -0.05) is 30.3 Å². The van der Waals surface area contributed by atoms with E-state index < -0.39 is 5.97 Å². The summed E-state index contributed by atoms with van der Waals surface area (Å²) in [6, 6.07) is 13.1. The lowest BCUT2D eigenvalue weighted by atomic mass is 10.2. The predicted octanol–water partition coefficient (Wildman–Crippen LogP) is 2.34. The fourth-order valence-corrected chi connectivity index (χ4v) is 2.53.